The Balaban J connectivity index is 2.39. The van der Waals surface area contributed by atoms with E-state index in [1.54, 1.807) is 0 Å². The Hall–Kier alpha value is -2.14. The van der Waals surface area contributed by atoms with E-state index in [9.17, 15) is 4.79 Å². The third-order valence-corrected chi connectivity index (χ3v) is 3.37. The molecular weight excluding hydrogens is 278 g/mol. The first-order valence-electron chi connectivity index (χ1n) is 7.74. The zero-order chi connectivity index (χ0) is 15.9. The van der Waals surface area contributed by atoms with Crippen LogP contribution in [-0.4, -0.2) is 22.9 Å². The van der Waals surface area contributed by atoms with Crippen molar-refractivity contribution < 1.29 is 4.74 Å². The summed E-state index contributed by atoms with van der Waals surface area (Å²) in [7, 11) is 0. The minimum absolute atomic E-state index is 0.0295. The van der Waals surface area contributed by atoms with Crippen LogP contribution in [0.5, 0.6) is 5.75 Å². The molecule has 0 aliphatic rings. The third kappa shape index (κ3) is 3.74. The fraction of sp³-hybridized carbons (Fsp3) is 0.412. The molecule has 5 heteroatoms. The molecule has 0 unspecified atom stereocenters. The van der Waals surface area contributed by atoms with Gasteiger partial charge in [0.2, 0.25) is 0 Å². The molecule has 5 nitrogen and oxygen atoms in total. The number of nitrogens with zero attached hydrogens (tertiary/aromatic N) is 2. The lowest BCUT2D eigenvalue weighted by Crippen LogP contribution is -2.29. The van der Waals surface area contributed by atoms with Crippen molar-refractivity contribution >= 4 is 0 Å². The monoisotopic (exact) mass is 301 g/mol. The molecule has 0 bridgehead atoms. The smallest absolute Gasteiger partial charge is 0.271 e. The molecule has 2 rings (SSSR count). The van der Waals surface area contributed by atoms with E-state index in [1.807, 2.05) is 51.1 Å². The van der Waals surface area contributed by atoms with Crippen LogP contribution in [0.25, 0.3) is 11.3 Å². The van der Waals surface area contributed by atoms with Crippen LogP contribution in [0.15, 0.2) is 35.1 Å². The summed E-state index contributed by atoms with van der Waals surface area (Å²) in [6, 6.07) is 9.65. The Morgan fingerprint density at radius 2 is 1.91 bits per heavy atom. The van der Waals surface area contributed by atoms with Gasteiger partial charge in [0.15, 0.2) is 0 Å². The normalized spacial score (nSPS) is 10.7. The van der Waals surface area contributed by atoms with Crippen LogP contribution in [0, 0.1) is 0 Å². The number of benzene rings is 1. The summed E-state index contributed by atoms with van der Waals surface area (Å²) in [6.45, 7) is 8.49. The van der Waals surface area contributed by atoms with Gasteiger partial charge in [-0.3, -0.25) is 4.79 Å². The van der Waals surface area contributed by atoms with Crippen molar-refractivity contribution in [1.82, 2.24) is 15.1 Å². The van der Waals surface area contributed by atoms with Gasteiger partial charge in [0, 0.05) is 24.2 Å². The van der Waals surface area contributed by atoms with E-state index in [4.69, 9.17) is 4.74 Å². The lowest BCUT2D eigenvalue weighted by Gasteiger charge is -2.10. The second-order valence-electron chi connectivity index (χ2n) is 4.91. The van der Waals surface area contributed by atoms with Crippen molar-refractivity contribution in [3.8, 4) is 17.0 Å². The van der Waals surface area contributed by atoms with E-state index in [1.165, 1.54) is 4.68 Å². The number of ether oxygens (including phenoxy) is 1. The topological polar surface area (TPSA) is 56.1 Å². The largest absolute Gasteiger partial charge is 0.494 e. The molecule has 1 N–H and O–H groups in total. The van der Waals surface area contributed by atoms with Gasteiger partial charge in [-0.05, 0) is 50.7 Å². The van der Waals surface area contributed by atoms with Crippen molar-refractivity contribution in [1.29, 1.82) is 0 Å². The molecule has 1 aromatic carbocycles. The predicted molar refractivity (Wildman–Crippen MR) is 88.2 cm³/mol. The average Bonchev–Trinajstić information content (AvgIpc) is 2.55. The molecule has 0 aliphatic carbocycles. The van der Waals surface area contributed by atoms with E-state index in [2.05, 4.69) is 10.4 Å². The molecular formula is C17H23N3O2. The second kappa shape index (κ2) is 7.75. The molecule has 0 saturated heterocycles. The Kier molecular flexibility index (Phi) is 5.72. The summed E-state index contributed by atoms with van der Waals surface area (Å²) in [5, 5.41) is 7.64. The van der Waals surface area contributed by atoms with Crippen LogP contribution < -0.4 is 15.6 Å². The van der Waals surface area contributed by atoms with Crippen LogP contribution in [0.4, 0.5) is 0 Å². The summed E-state index contributed by atoms with van der Waals surface area (Å²) < 4.78 is 6.96. The van der Waals surface area contributed by atoms with Crippen molar-refractivity contribution in [3.63, 3.8) is 0 Å². The van der Waals surface area contributed by atoms with Gasteiger partial charge in [0.1, 0.15) is 5.75 Å². The number of nitrogens with one attached hydrogen (secondary N) is 1. The van der Waals surface area contributed by atoms with Crippen molar-refractivity contribution in [3.05, 3.63) is 46.2 Å². The first-order valence-corrected chi connectivity index (χ1v) is 7.74. The van der Waals surface area contributed by atoms with Gasteiger partial charge >= 0.3 is 0 Å². The number of hydrogen-bond donors (Lipinski definition) is 1. The Morgan fingerprint density at radius 3 is 2.50 bits per heavy atom. The predicted octanol–water partition coefficient (Wildman–Crippen LogP) is 2.44. The average molecular weight is 301 g/mol. The maximum Gasteiger partial charge on any atom is 0.271 e. The molecule has 0 aliphatic heterocycles. The number of rotatable bonds is 7. The molecule has 0 atom stereocenters. The summed E-state index contributed by atoms with van der Waals surface area (Å²) in [5.74, 6) is 0.836. The lowest BCUT2D eigenvalue weighted by molar-refractivity contribution is 0.340. The van der Waals surface area contributed by atoms with Crippen LogP contribution in [0.1, 0.15) is 26.3 Å². The standard InChI is InChI=1S/C17H23N3O2/c1-4-18-12-14-11-16(19-20(5-2)17(14)21)13-7-9-15(10-8-13)22-6-3/h7-11,18H,4-6,12H2,1-3H3. The molecule has 0 fully saturated rings. The van der Waals surface area contributed by atoms with Crippen LogP contribution in [-0.2, 0) is 13.1 Å². The van der Waals surface area contributed by atoms with Gasteiger partial charge in [0.05, 0.1) is 12.3 Å². The van der Waals surface area contributed by atoms with E-state index in [0.717, 1.165) is 29.1 Å². The van der Waals surface area contributed by atoms with Crippen LogP contribution in [0.2, 0.25) is 0 Å². The van der Waals surface area contributed by atoms with Crippen molar-refractivity contribution in [2.45, 2.75) is 33.9 Å². The highest BCUT2D eigenvalue weighted by Crippen LogP contribution is 2.20. The minimum atomic E-state index is -0.0295. The first-order chi connectivity index (χ1) is 10.7. The highest BCUT2D eigenvalue weighted by atomic mass is 16.5. The van der Waals surface area contributed by atoms with Gasteiger partial charge in [-0.1, -0.05) is 6.92 Å². The fourth-order valence-electron chi connectivity index (χ4n) is 2.23. The van der Waals surface area contributed by atoms with Crippen LogP contribution in [0.3, 0.4) is 0 Å². The molecule has 118 valence electrons. The van der Waals surface area contributed by atoms with Gasteiger partial charge in [-0.15, -0.1) is 0 Å². The number of hydrogen-bond acceptors (Lipinski definition) is 4. The summed E-state index contributed by atoms with van der Waals surface area (Å²) in [6.07, 6.45) is 0. The highest BCUT2D eigenvalue weighted by molar-refractivity contribution is 5.60. The summed E-state index contributed by atoms with van der Waals surface area (Å²) in [4.78, 5) is 12.3. The number of aryl methyl sites for hydroxylation is 1. The zero-order valence-electron chi connectivity index (χ0n) is 13.4. The van der Waals surface area contributed by atoms with Crippen LogP contribution >= 0.6 is 0 Å². The number of aromatic nitrogens is 2. The van der Waals surface area contributed by atoms with E-state index in [0.29, 0.717) is 19.7 Å². The molecule has 22 heavy (non-hydrogen) atoms. The Bertz CT molecular complexity index is 663. The van der Waals surface area contributed by atoms with Gasteiger partial charge in [-0.2, -0.15) is 5.10 Å². The maximum atomic E-state index is 12.3. The molecule has 1 aromatic heterocycles. The van der Waals surface area contributed by atoms with Gasteiger partial charge in [0.25, 0.3) is 5.56 Å². The second-order valence-corrected chi connectivity index (χ2v) is 4.91. The molecule has 0 radical (unpaired) electrons. The van der Waals surface area contributed by atoms with Gasteiger partial charge in [-0.25, -0.2) is 4.68 Å². The molecule has 1 heterocycles. The summed E-state index contributed by atoms with van der Waals surface area (Å²) >= 11 is 0. The fourth-order valence-corrected chi connectivity index (χ4v) is 2.23. The first kappa shape index (κ1) is 16.2. The van der Waals surface area contributed by atoms with E-state index >= 15 is 0 Å². The molecule has 0 amide bonds. The zero-order valence-corrected chi connectivity index (χ0v) is 13.4. The minimum Gasteiger partial charge on any atom is -0.494 e. The van der Waals surface area contributed by atoms with Crippen molar-refractivity contribution in [2.75, 3.05) is 13.2 Å². The molecule has 2 aromatic rings. The van der Waals surface area contributed by atoms with Crippen molar-refractivity contribution in [2.24, 2.45) is 0 Å². The third-order valence-electron chi connectivity index (χ3n) is 3.37. The Morgan fingerprint density at radius 1 is 1.18 bits per heavy atom. The van der Waals surface area contributed by atoms with E-state index < -0.39 is 0 Å². The maximum absolute atomic E-state index is 12.3. The van der Waals surface area contributed by atoms with Gasteiger partial charge < -0.3 is 10.1 Å². The lowest BCUT2D eigenvalue weighted by atomic mass is 10.1. The summed E-state index contributed by atoms with van der Waals surface area (Å²) in [5.41, 5.74) is 2.49. The molecule has 0 saturated carbocycles. The quantitative estimate of drug-likeness (QED) is 0.853. The molecule has 0 spiro atoms. The van der Waals surface area contributed by atoms with E-state index in [-0.39, 0.29) is 5.56 Å². The highest BCUT2D eigenvalue weighted by Gasteiger charge is 2.09. The Labute approximate surface area is 130 Å². The SMILES string of the molecule is CCNCc1cc(-c2ccc(OCC)cc2)nn(CC)c1=O.